The van der Waals surface area contributed by atoms with Gasteiger partial charge in [-0.2, -0.15) is 0 Å². The Labute approximate surface area is 72.9 Å². The van der Waals surface area contributed by atoms with Crippen molar-refractivity contribution >= 4 is 28.6 Å². The van der Waals surface area contributed by atoms with Crippen LogP contribution in [0.5, 0.6) is 0 Å². The van der Waals surface area contributed by atoms with Gasteiger partial charge in [-0.1, -0.05) is 34.4 Å². The van der Waals surface area contributed by atoms with Gasteiger partial charge in [0.2, 0.25) is 0 Å². The standard InChI is InChI=1S/C6H7IO3/c7-3-1-2-4-10-5-6(8)9/h3-5H2,(H,8,9). The van der Waals surface area contributed by atoms with E-state index in [-0.39, 0.29) is 13.2 Å². The zero-order valence-corrected chi connectivity index (χ0v) is 7.42. The summed E-state index contributed by atoms with van der Waals surface area (Å²) >= 11 is 2.11. The van der Waals surface area contributed by atoms with Gasteiger partial charge in [0.1, 0.15) is 13.2 Å². The number of aliphatic carboxylic acids is 1. The van der Waals surface area contributed by atoms with Crippen molar-refractivity contribution in [2.24, 2.45) is 0 Å². The third kappa shape index (κ3) is 7.72. The first-order chi connectivity index (χ1) is 4.77. The fourth-order valence-corrected chi connectivity index (χ4v) is 0.557. The fraction of sp³-hybridized carbons (Fsp3) is 0.500. The number of rotatable bonds is 3. The SMILES string of the molecule is O=C(O)COCC#CCI. The van der Waals surface area contributed by atoms with Crippen LogP contribution in [0.4, 0.5) is 0 Å². The molecule has 1 N–H and O–H groups in total. The van der Waals surface area contributed by atoms with Crippen molar-refractivity contribution < 1.29 is 14.6 Å². The largest absolute Gasteiger partial charge is 0.480 e. The van der Waals surface area contributed by atoms with E-state index in [0.29, 0.717) is 0 Å². The lowest BCUT2D eigenvalue weighted by atomic mass is 10.6. The molecule has 10 heavy (non-hydrogen) atoms. The second-order valence-corrected chi connectivity index (χ2v) is 2.14. The first kappa shape index (κ1) is 9.72. The van der Waals surface area contributed by atoms with Crippen LogP contribution in [0.25, 0.3) is 0 Å². The van der Waals surface area contributed by atoms with Crippen molar-refractivity contribution in [3.05, 3.63) is 0 Å². The van der Waals surface area contributed by atoms with Gasteiger partial charge in [0.25, 0.3) is 0 Å². The average molecular weight is 254 g/mol. The molecule has 0 atom stereocenters. The second kappa shape index (κ2) is 6.83. The van der Waals surface area contributed by atoms with Gasteiger partial charge >= 0.3 is 5.97 Å². The number of carboxylic acid groups (broad SMARTS) is 1. The van der Waals surface area contributed by atoms with Gasteiger partial charge in [0.15, 0.2) is 0 Å². The molecule has 0 aliphatic rings. The highest BCUT2D eigenvalue weighted by molar-refractivity contribution is 14.1. The summed E-state index contributed by atoms with van der Waals surface area (Å²) in [5.41, 5.74) is 0. The van der Waals surface area contributed by atoms with Crippen LogP contribution in [-0.2, 0) is 9.53 Å². The molecular formula is C6H7IO3. The summed E-state index contributed by atoms with van der Waals surface area (Å²) in [5.74, 6) is 4.43. The van der Waals surface area contributed by atoms with Crippen molar-refractivity contribution in [3.63, 3.8) is 0 Å². The van der Waals surface area contributed by atoms with Gasteiger partial charge in [-0.25, -0.2) is 4.79 Å². The quantitative estimate of drug-likeness (QED) is 0.346. The van der Waals surface area contributed by atoms with Crippen molar-refractivity contribution in [3.8, 4) is 11.8 Å². The number of halogens is 1. The third-order valence-electron chi connectivity index (χ3n) is 0.592. The summed E-state index contributed by atoms with van der Waals surface area (Å²) in [6.07, 6.45) is 0. The lowest BCUT2D eigenvalue weighted by molar-refractivity contribution is -0.141. The highest BCUT2D eigenvalue weighted by Gasteiger charge is 1.91. The minimum atomic E-state index is -0.962. The highest BCUT2D eigenvalue weighted by Crippen LogP contribution is 1.76. The maximum absolute atomic E-state index is 9.86. The summed E-state index contributed by atoms with van der Waals surface area (Å²) in [7, 11) is 0. The summed E-state index contributed by atoms with van der Waals surface area (Å²) in [4.78, 5) is 9.86. The van der Waals surface area contributed by atoms with Crippen molar-refractivity contribution in [1.29, 1.82) is 0 Å². The van der Waals surface area contributed by atoms with Crippen LogP contribution in [0, 0.1) is 11.8 Å². The lowest BCUT2D eigenvalue weighted by Crippen LogP contribution is -2.06. The van der Waals surface area contributed by atoms with Gasteiger partial charge < -0.3 is 9.84 Å². The number of ether oxygens (including phenoxy) is 1. The first-order valence-electron chi connectivity index (χ1n) is 2.58. The molecule has 0 heterocycles. The van der Waals surface area contributed by atoms with E-state index < -0.39 is 5.97 Å². The Kier molecular flexibility index (Phi) is 6.64. The molecule has 0 saturated carbocycles. The van der Waals surface area contributed by atoms with E-state index in [4.69, 9.17) is 5.11 Å². The Morgan fingerprint density at radius 2 is 2.30 bits per heavy atom. The molecule has 0 fully saturated rings. The van der Waals surface area contributed by atoms with E-state index in [0.717, 1.165) is 4.43 Å². The number of hydrogen-bond donors (Lipinski definition) is 1. The molecule has 0 aromatic heterocycles. The van der Waals surface area contributed by atoms with Crippen molar-refractivity contribution in [1.82, 2.24) is 0 Å². The number of alkyl halides is 1. The minimum absolute atomic E-state index is 0.204. The van der Waals surface area contributed by atoms with Gasteiger partial charge in [0.05, 0.1) is 4.43 Å². The molecule has 4 heteroatoms. The van der Waals surface area contributed by atoms with Crippen LogP contribution < -0.4 is 0 Å². The number of carbonyl (C=O) groups is 1. The van der Waals surface area contributed by atoms with Gasteiger partial charge in [-0.05, 0) is 0 Å². The van der Waals surface area contributed by atoms with E-state index in [1.807, 2.05) is 0 Å². The Bertz CT molecular complexity index is 156. The number of carboxylic acids is 1. The predicted octanol–water partition coefficient (Wildman–Crippen LogP) is 0.526. The molecule has 0 rings (SSSR count). The topological polar surface area (TPSA) is 46.5 Å². The minimum Gasteiger partial charge on any atom is -0.480 e. The molecule has 56 valence electrons. The molecule has 0 bridgehead atoms. The van der Waals surface area contributed by atoms with Gasteiger partial charge in [-0.15, -0.1) is 0 Å². The summed E-state index contributed by atoms with van der Waals surface area (Å²) < 4.78 is 5.36. The zero-order chi connectivity index (χ0) is 7.82. The molecule has 0 spiro atoms. The Balaban J connectivity index is 3.13. The summed E-state index contributed by atoms with van der Waals surface area (Å²) in [5, 5.41) is 8.10. The monoisotopic (exact) mass is 254 g/mol. The molecule has 0 radical (unpaired) electrons. The molecular weight excluding hydrogens is 247 g/mol. The molecule has 0 amide bonds. The van der Waals surface area contributed by atoms with Crippen molar-refractivity contribution in [2.45, 2.75) is 0 Å². The molecule has 0 saturated heterocycles. The lowest BCUT2D eigenvalue weighted by Gasteiger charge is -1.90. The summed E-state index contributed by atoms with van der Waals surface area (Å²) in [6.45, 7) is -0.0643. The molecule has 0 aromatic rings. The molecule has 3 nitrogen and oxygen atoms in total. The predicted molar refractivity (Wildman–Crippen MR) is 45.1 cm³/mol. The smallest absolute Gasteiger partial charge is 0.329 e. The Morgan fingerprint density at radius 3 is 2.80 bits per heavy atom. The third-order valence-corrected chi connectivity index (χ3v) is 0.973. The van der Waals surface area contributed by atoms with Crippen LogP contribution in [0.1, 0.15) is 0 Å². The zero-order valence-electron chi connectivity index (χ0n) is 5.26. The van der Waals surface area contributed by atoms with Gasteiger partial charge in [0, 0.05) is 0 Å². The first-order valence-corrected chi connectivity index (χ1v) is 4.11. The second-order valence-electron chi connectivity index (χ2n) is 1.37. The average Bonchev–Trinajstić information content (AvgIpc) is 1.87. The van der Waals surface area contributed by atoms with E-state index in [1.54, 1.807) is 0 Å². The van der Waals surface area contributed by atoms with Crippen LogP contribution in [0.15, 0.2) is 0 Å². The van der Waals surface area contributed by atoms with Crippen molar-refractivity contribution in [2.75, 3.05) is 17.6 Å². The van der Waals surface area contributed by atoms with Crippen LogP contribution in [-0.4, -0.2) is 28.7 Å². The maximum atomic E-state index is 9.86. The molecule has 0 aromatic carbocycles. The van der Waals surface area contributed by atoms with Crippen LogP contribution in [0.3, 0.4) is 0 Å². The fourth-order valence-electron chi connectivity index (χ4n) is 0.288. The van der Waals surface area contributed by atoms with Gasteiger partial charge in [-0.3, -0.25) is 0 Å². The summed E-state index contributed by atoms with van der Waals surface area (Å²) in [6, 6.07) is 0. The van der Waals surface area contributed by atoms with Crippen LogP contribution in [0.2, 0.25) is 0 Å². The maximum Gasteiger partial charge on any atom is 0.329 e. The Hall–Kier alpha value is -0.280. The molecule has 0 unspecified atom stereocenters. The highest BCUT2D eigenvalue weighted by atomic mass is 127. The normalized spacial score (nSPS) is 8.10. The van der Waals surface area contributed by atoms with E-state index in [1.165, 1.54) is 0 Å². The number of hydrogen-bond acceptors (Lipinski definition) is 2. The van der Waals surface area contributed by atoms with E-state index >= 15 is 0 Å². The molecule has 0 aliphatic heterocycles. The molecule has 0 aliphatic carbocycles. The Morgan fingerprint density at radius 1 is 1.60 bits per heavy atom. The van der Waals surface area contributed by atoms with E-state index in [2.05, 4.69) is 39.2 Å². The van der Waals surface area contributed by atoms with Crippen LogP contribution >= 0.6 is 22.6 Å². The van der Waals surface area contributed by atoms with E-state index in [9.17, 15) is 4.79 Å².